The molecule has 2 fully saturated rings. The molecule has 0 radical (unpaired) electrons. The van der Waals surface area contributed by atoms with Crippen LogP contribution < -0.4 is 11.1 Å². The highest BCUT2D eigenvalue weighted by molar-refractivity contribution is 7.86. The number of ether oxygens (including phenoxy) is 1. The van der Waals surface area contributed by atoms with Gasteiger partial charge in [0, 0.05) is 39.3 Å². The molecule has 1 atom stereocenters. The van der Waals surface area contributed by atoms with Gasteiger partial charge in [0.05, 0.1) is 19.3 Å². The van der Waals surface area contributed by atoms with Crippen LogP contribution in [0, 0.1) is 0 Å². The van der Waals surface area contributed by atoms with Gasteiger partial charge in [-0.25, -0.2) is 0 Å². The van der Waals surface area contributed by atoms with E-state index in [1.165, 1.54) is 8.61 Å². The third kappa shape index (κ3) is 2.78. The maximum absolute atomic E-state index is 12.4. The Morgan fingerprint density at radius 1 is 1.29 bits per heavy atom. The number of nitrogens with two attached hydrogens (primary N) is 1. The summed E-state index contributed by atoms with van der Waals surface area (Å²) < 4.78 is 33.0. The molecule has 0 saturated carbocycles. The molecular weight excluding hydrogens is 244 g/mol. The highest BCUT2D eigenvalue weighted by Gasteiger charge is 2.36. The van der Waals surface area contributed by atoms with Gasteiger partial charge in [0.15, 0.2) is 0 Å². The summed E-state index contributed by atoms with van der Waals surface area (Å²) in [6, 6.07) is -0.142. The Bertz CT molecular complexity index is 342. The molecule has 0 aliphatic carbocycles. The molecule has 2 aliphatic rings. The first-order chi connectivity index (χ1) is 8.16. The van der Waals surface area contributed by atoms with Gasteiger partial charge < -0.3 is 15.8 Å². The first-order valence-electron chi connectivity index (χ1n) is 5.91. The number of hydrogen-bond donors (Lipinski definition) is 2. The highest BCUT2D eigenvalue weighted by atomic mass is 32.2. The van der Waals surface area contributed by atoms with Gasteiger partial charge in [-0.3, -0.25) is 0 Å². The minimum Gasteiger partial charge on any atom is -0.379 e. The smallest absolute Gasteiger partial charge is 0.282 e. The molecule has 1 unspecified atom stereocenters. The van der Waals surface area contributed by atoms with Gasteiger partial charge in [0.2, 0.25) is 0 Å². The van der Waals surface area contributed by atoms with Gasteiger partial charge in [-0.1, -0.05) is 0 Å². The highest BCUT2D eigenvalue weighted by Crippen LogP contribution is 2.15. The van der Waals surface area contributed by atoms with Crippen LogP contribution in [0.25, 0.3) is 0 Å². The van der Waals surface area contributed by atoms with Crippen LogP contribution in [0.15, 0.2) is 0 Å². The predicted molar refractivity (Wildman–Crippen MR) is 63.7 cm³/mol. The summed E-state index contributed by atoms with van der Waals surface area (Å²) >= 11 is 0. The number of piperazine rings is 1. The van der Waals surface area contributed by atoms with E-state index in [0.29, 0.717) is 52.5 Å². The fourth-order valence-corrected chi connectivity index (χ4v) is 3.94. The molecule has 2 aliphatic heterocycles. The zero-order chi connectivity index (χ0) is 12.3. The van der Waals surface area contributed by atoms with E-state index in [1.807, 2.05) is 0 Å². The number of morpholine rings is 1. The zero-order valence-corrected chi connectivity index (χ0v) is 10.7. The molecule has 0 aromatic heterocycles. The van der Waals surface area contributed by atoms with Gasteiger partial charge in [-0.05, 0) is 0 Å². The van der Waals surface area contributed by atoms with E-state index in [9.17, 15) is 8.42 Å². The molecule has 2 saturated heterocycles. The van der Waals surface area contributed by atoms with Crippen molar-refractivity contribution >= 4 is 10.2 Å². The van der Waals surface area contributed by atoms with Crippen molar-refractivity contribution in [1.29, 1.82) is 0 Å². The van der Waals surface area contributed by atoms with Gasteiger partial charge in [-0.2, -0.15) is 17.0 Å². The third-order valence-electron chi connectivity index (χ3n) is 3.16. The molecule has 100 valence electrons. The molecular formula is C9H20N4O3S. The summed E-state index contributed by atoms with van der Waals surface area (Å²) in [5.41, 5.74) is 5.63. The van der Waals surface area contributed by atoms with Crippen molar-refractivity contribution in [2.24, 2.45) is 5.73 Å². The van der Waals surface area contributed by atoms with Crippen LogP contribution >= 0.6 is 0 Å². The summed E-state index contributed by atoms with van der Waals surface area (Å²) in [5.74, 6) is 0. The fraction of sp³-hybridized carbons (Fsp3) is 1.00. The standard InChI is InChI=1S/C9H20N4O3S/c10-7-9-8-11-1-2-13(9)17(14,15)12-3-5-16-6-4-12/h9,11H,1-8,10H2. The van der Waals surface area contributed by atoms with Crippen LogP contribution in [-0.4, -0.2) is 75.6 Å². The first kappa shape index (κ1) is 13.2. The van der Waals surface area contributed by atoms with Crippen molar-refractivity contribution in [1.82, 2.24) is 13.9 Å². The van der Waals surface area contributed by atoms with Crippen LogP contribution in [0.5, 0.6) is 0 Å². The summed E-state index contributed by atoms with van der Waals surface area (Å²) in [6.45, 7) is 3.95. The van der Waals surface area contributed by atoms with Crippen molar-refractivity contribution in [3.63, 3.8) is 0 Å². The lowest BCUT2D eigenvalue weighted by Gasteiger charge is -2.38. The second-order valence-electron chi connectivity index (χ2n) is 4.22. The van der Waals surface area contributed by atoms with Crippen LogP contribution in [0.4, 0.5) is 0 Å². The molecule has 8 heteroatoms. The quantitative estimate of drug-likeness (QED) is 0.604. The number of hydrogen-bond acceptors (Lipinski definition) is 5. The molecule has 2 rings (SSSR count). The molecule has 2 heterocycles. The van der Waals surface area contributed by atoms with Crippen molar-refractivity contribution in [2.45, 2.75) is 6.04 Å². The van der Waals surface area contributed by atoms with E-state index in [2.05, 4.69) is 5.32 Å². The summed E-state index contributed by atoms with van der Waals surface area (Å²) in [6.07, 6.45) is 0. The van der Waals surface area contributed by atoms with Crippen molar-refractivity contribution < 1.29 is 13.2 Å². The van der Waals surface area contributed by atoms with Crippen molar-refractivity contribution in [2.75, 3.05) is 52.5 Å². The van der Waals surface area contributed by atoms with E-state index in [-0.39, 0.29) is 6.04 Å². The third-order valence-corrected chi connectivity index (χ3v) is 5.25. The maximum Gasteiger partial charge on any atom is 0.282 e. The lowest BCUT2D eigenvalue weighted by Crippen LogP contribution is -2.60. The summed E-state index contributed by atoms with van der Waals surface area (Å²) in [4.78, 5) is 0. The first-order valence-corrected chi connectivity index (χ1v) is 7.31. The Morgan fingerprint density at radius 3 is 2.65 bits per heavy atom. The molecule has 0 spiro atoms. The van der Waals surface area contributed by atoms with Gasteiger partial charge in [0.25, 0.3) is 10.2 Å². The second kappa shape index (κ2) is 5.59. The van der Waals surface area contributed by atoms with E-state index >= 15 is 0 Å². The number of nitrogens with one attached hydrogen (secondary N) is 1. The topological polar surface area (TPSA) is 87.9 Å². The van der Waals surface area contributed by atoms with Crippen molar-refractivity contribution in [3.8, 4) is 0 Å². The molecule has 3 N–H and O–H groups in total. The number of nitrogens with zero attached hydrogens (tertiary/aromatic N) is 2. The lowest BCUT2D eigenvalue weighted by molar-refractivity contribution is 0.0687. The fourth-order valence-electron chi connectivity index (χ4n) is 2.17. The molecule has 7 nitrogen and oxygen atoms in total. The van der Waals surface area contributed by atoms with Crippen LogP contribution in [0.2, 0.25) is 0 Å². The average Bonchev–Trinajstić information content (AvgIpc) is 2.39. The molecule has 0 bridgehead atoms. The molecule has 0 amide bonds. The van der Waals surface area contributed by atoms with E-state index in [1.54, 1.807) is 0 Å². The predicted octanol–water partition coefficient (Wildman–Crippen LogP) is -2.20. The van der Waals surface area contributed by atoms with E-state index < -0.39 is 10.2 Å². The minimum absolute atomic E-state index is 0.142. The Hall–Kier alpha value is -0.250. The van der Waals surface area contributed by atoms with Crippen molar-refractivity contribution in [3.05, 3.63) is 0 Å². The number of rotatable bonds is 3. The van der Waals surface area contributed by atoms with E-state index in [0.717, 1.165) is 0 Å². The SMILES string of the molecule is NCC1CNCCN1S(=O)(=O)N1CCOCC1. The normalized spacial score (nSPS) is 29.4. The zero-order valence-electron chi connectivity index (χ0n) is 9.84. The largest absolute Gasteiger partial charge is 0.379 e. The Balaban J connectivity index is 2.11. The Morgan fingerprint density at radius 2 is 2.00 bits per heavy atom. The van der Waals surface area contributed by atoms with Gasteiger partial charge >= 0.3 is 0 Å². The average molecular weight is 264 g/mol. The Kier molecular flexibility index (Phi) is 4.34. The monoisotopic (exact) mass is 264 g/mol. The maximum atomic E-state index is 12.4. The molecule has 0 aromatic carbocycles. The van der Waals surface area contributed by atoms with Crippen LogP contribution in [-0.2, 0) is 14.9 Å². The van der Waals surface area contributed by atoms with Gasteiger partial charge in [-0.15, -0.1) is 0 Å². The summed E-state index contributed by atoms with van der Waals surface area (Å²) in [7, 11) is -3.38. The summed E-state index contributed by atoms with van der Waals surface area (Å²) in [5, 5.41) is 3.16. The van der Waals surface area contributed by atoms with E-state index in [4.69, 9.17) is 10.5 Å². The van der Waals surface area contributed by atoms with Crippen LogP contribution in [0.1, 0.15) is 0 Å². The molecule has 17 heavy (non-hydrogen) atoms. The molecule has 0 aromatic rings. The Labute approximate surface area is 102 Å². The van der Waals surface area contributed by atoms with Crippen LogP contribution in [0.3, 0.4) is 0 Å². The lowest BCUT2D eigenvalue weighted by atomic mass is 10.2. The second-order valence-corrected chi connectivity index (χ2v) is 6.10. The minimum atomic E-state index is -3.38. The van der Waals surface area contributed by atoms with Gasteiger partial charge in [0.1, 0.15) is 0 Å².